The van der Waals surface area contributed by atoms with Crippen LogP contribution in [-0.2, 0) is 19.5 Å². The average Bonchev–Trinajstić information content (AvgIpc) is 2.96. The van der Waals surface area contributed by atoms with Crippen molar-refractivity contribution in [1.82, 2.24) is 24.5 Å². The molecule has 2 N–H and O–H groups in total. The van der Waals surface area contributed by atoms with Crippen LogP contribution in [-0.4, -0.2) is 29.5 Å². The smallest absolute Gasteiger partial charge is 0.208 e. The van der Waals surface area contributed by atoms with Gasteiger partial charge in [0, 0.05) is 6.54 Å². The van der Waals surface area contributed by atoms with E-state index in [0.29, 0.717) is 17.4 Å². The summed E-state index contributed by atoms with van der Waals surface area (Å²) in [5, 5.41) is 9.35. The summed E-state index contributed by atoms with van der Waals surface area (Å²) in [6, 6.07) is 0. The predicted octanol–water partition coefficient (Wildman–Crippen LogP) is 1.39. The summed E-state index contributed by atoms with van der Waals surface area (Å²) in [6.45, 7) is 5.30. The third-order valence-corrected chi connectivity index (χ3v) is 3.38. The summed E-state index contributed by atoms with van der Waals surface area (Å²) in [5.74, 6) is 0.365. The maximum absolute atomic E-state index is 6.33. The second-order valence-corrected chi connectivity index (χ2v) is 4.82. The van der Waals surface area contributed by atoms with Crippen molar-refractivity contribution in [2.75, 3.05) is 0 Å². The minimum atomic E-state index is 0.183. The summed E-state index contributed by atoms with van der Waals surface area (Å²) >= 11 is 11.2. The molecule has 0 atom stereocenters. The van der Waals surface area contributed by atoms with E-state index >= 15 is 0 Å². The van der Waals surface area contributed by atoms with Gasteiger partial charge in [-0.05, 0) is 13.3 Å². The number of nitrogens with zero attached hydrogens (tertiary/aromatic N) is 5. The monoisotopic (exact) mass is 298 g/mol. The van der Waals surface area contributed by atoms with Crippen LogP contribution in [0.15, 0.2) is 6.33 Å². The highest BCUT2D eigenvalue weighted by Gasteiger charge is 2.15. The number of rotatable bonds is 5. The van der Waals surface area contributed by atoms with Crippen molar-refractivity contribution in [1.29, 1.82) is 0 Å². The van der Waals surface area contributed by atoms with Gasteiger partial charge in [0.1, 0.15) is 11.3 Å². The van der Waals surface area contributed by atoms with Gasteiger partial charge in [-0.15, -0.1) is 5.10 Å². The molecule has 0 aliphatic rings. The Morgan fingerprint density at radius 3 is 2.68 bits per heavy atom. The Kier molecular flexibility index (Phi) is 4.16. The lowest BCUT2D eigenvalue weighted by atomic mass is 10.3. The first-order valence-electron chi connectivity index (χ1n) is 6.00. The van der Waals surface area contributed by atoms with E-state index in [0.717, 1.165) is 24.4 Å². The molecule has 0 unspecified atom stereocenters. The zero-order chi connectivity index (χ0) is 14.0. The maximum Gasteiger partial charge on any atom is 0.208 e. The summed E-state index contributed by atoms with van der Waals surface area (Å²) in [4.78, 5) is 4.22. The van der Waals surface area contributed by atoms with E-state index in [2.05, 4.69) is 15.2 Å². The highest BCUT2D eigenvalue weighted by molar-refractivity contribution is 7.80. The highest BCUT2D eigenvalue weighted by atomic mass is 35.5. The minimum Gasteiger partial charge on any atom is -0.387 e. The number of aryl methyl sites for hydroxylation is 2. The minimum absolute atomic E-state index is 0.183. The van der Waals surface area contributed by atoms with Crippen molar-refractivity contribution in [2.45, 2.75) is 33.4 Å². The topological polar surface area (TPSA) is 74.5 Å². The van der Waals surface area contributed by atoms with E-state index in [1.807, 2.05) is 18.5 Å². The molecule has 2 rings (SSSR count). The van der Waals surface area contributed by atoms with Gasteiger partial charge in [0.05, 0.1) is 23.0 Å². The first kappa shape index (κ1) is 14.0. The molecule has 2 aromatic heterocycles. The molecule has 0 saturated heterocycles. The van der Waals surface area contributed by atoms with Crippen LogP contribution in [0.1, 0.15) is 31.1 Å². The number of hydrogen-bond acceptors (Lipinski definition) is 4. The van der Waals surface area contributed by atoms with Crippen molar-refractivity contribution in [3.8, 4) is 0 Å². The van der Waals surface area contributed by atoms with E-state index in [4.69, 9.17) is 29.6 Å². The third kappa shape index (κ3) is 2.76. The number of nitrogens with two attached hydrogens (primary N) is 1. The molecule has 102 valence electrons. The fourth-order valence-corrected chi connectivity index (χ4v) is 2.23. The van der Waals surface area contributed by atoms with Crippen LogP contribution in [0.4, 0.5) is 0 Å². The van der Waals surface area contributed by atoms with Gasteiger partial charge in [0.25, 0.3) is 0 Å². The zero-order valence-electron chi connectivity index (χ0n) is 10.8. The molecular formula is C11H15ClN6S. The summed E-state index contributed by atoms with van der Waals surface area (Å²) in [5.41, 5.74) is 7.30. The van der Waals surface area contributed by atoms with E-state index < -0.39 is 0 Å². The van der Waals surface area contributed by atoms with Gasteiger partial charge in [-0.25, -0.2) is 9.67 Å². The molecule has 0 fully saturated rings. The Hall–Kier alpha value is -1.47. The second-order valence-electron chi connectivity index (χ2n) is 4.01. The predicted molar refractivity (Wildman–Crippen MR) is 77.3 cm³/mol. The van der Waals surface area contributed by atoms with Crippen LogP contribution in [0, 0.1) is 0 Å². The largest absolute Gasteiger partial charge is 0.387 e. The second kappa shape index (κ2) is 5.66. The molecule has 0 amide bonds. The molecular weight excluding hydrogens is 284 g/mol. The fraction of sp³-hybridized carbons (Fsp3) is 0.455. The van der Waals surface area contributed by atoms with Crippen LogP contribution < -0.4 is 5.73 Å². The van der Waals surface area contributed by atoms with Crippen LogP contribution in [0.5, 0.6) is 0 Å². The number of thiocarbonyl (C=S) groups is 1. The Balaban J connectivity index is 2.31. The lowest BCUT2D eigenvalue weighted by molar-refractivity contribution is 0.573. The molecule has 6 nitrogen and oxygen atoms in total. The summed E-state index contributed by atoms with van der Waals surface area (Å²) in [7, 11) is 0. The molecule has 2 aromatic rings. The van der Waals surface area contributed by atoms with E-state index in [1.54, 1.807) is 11.0 Å². The molecule has 8 heteroatoms. The van der Waals surface area contributed by atoms with Crippen LogP contribution in [0.2, 0.25) is 5.02 Å². The van der Waals surface area contributed by atoms with Gasteiger partial charge in [-0.3, -0.25) is 4.68 Å². The summed E-state index contributed by atoms with van der Waals surface area (Å²) in [6.07, 6.45) is 2.39. The Morgan fingerprint density at radius 2 is 2.16 bits per heavy atom. The van der Waals surface area contributed by atoms with Crippen molar-refractivity contribution in [2.24, 2.45) is 5.73 Å². The number of aromatic nitrogens is 5. The van der Waals surface area contributed by atoms with Crippen molar-refractivity contribution >= 4 is 28.8 Å². The normalized spacial score (nSPS) is 10.9. The summed E-state index contributed by atoms with van der Waals surface area (Å²) < 4.78 is 3.53. The van der Waals surface area contributed by atoms with Crippen LogP contribution in [0.3, 0.4) is 0 Å². The molecule has 2 heterocycles. The van der Waals surface area contributed by atoms with Crippen LogP contribution in [0.25, 0.3) is 0 Å². The first-order valence-corrected chi connectivity index (χ1v) is 6.78. The number of halogens is 1. The SMILES string of the molecule is CCc1nn(CC)c(Cn2cnc(C(N)=S)n2)c1Cl. The quantitative estimate of drug-likeness (QED) is 0.845. The Labute approximate surface area is 121 Å². The van der Waals surface area contributed by atoms with Gasteiger partial charge in [0.2, 0.25) is 5.82 Å². The lowest BCUT2D eigenvalue weighted by Crippen LogP contribution is -2.13. The number of hydrogen-bond donors (Lipinski definition) is 1. The third-order valence-electron chi connectivity index (χ3n) is 2.76. The van der Waals surface area contributed by atoms with E-state index in [-0.39, 0.29) is 4.99 Å². The van der Waals surface area contributed by atoms with Gasteiger partial charge >= 0.3 is 0 Å². The first-order chi connectivity index (χ1) is 9.06. The van der Waals surface area contributed by atoms with Gasteiger partial charge in [-0.2, -0.15) is 5.10 Å². The van der Waals surface area contributed by atoms with E-state index in [1.165, 1.54) is 0 Å². The van der Waals surface area contributed by atoms with Crippen LogP contribution >= 0.6 is 23.8 Å². The van der Waals surface area contributed by atoms with Gasteiger partial charge in [0.15, 0.2) is 0 Å². The standard InChI is InChI=1S/C11H15ClN6S/c1-3-7-9(12)8(18(4-2)15-7)5-17-6-14-11(16-17)10(13)19/h6H,3-5H2,1-2H3,(H2,13,19). The maximum atomic E-state index is 6.33. The zero-order valence-corrected chi connectivity index (χ0v) is 12.4. The van der Waals surface area contributed by atoms with E-state index in [9.17, 15) is 0 Å². The molecule has 0 aliphatic carbocycles. The molecule has 0 aliphatic heterocycles. The molecule has 0 aromatic carbocycles. The Morgan fingerprint density at radius 1 is 1.42 bits per heavy atom. The lowest BCUT2D eigenvalue weighted by Gasteiger charge is -2.04. The molecule has 19 heavy (non-hydrogen) atoms. The van der Waals surface area contributed by atoms with Gasteiger partial charge in [-0.1, -0.05) is 30.7 Å². The van der Waals surface area contributed by atoms with Gasteiger partial charge < -0.3 is 5.73 Å². The molecule has 0 radical (unpaired) electrons. The average molecular weight is 299 g/mol. The highest BCUT2D eigenvalue weighted by Crippen LogP contribution is 2.22. The van der Waals surface area contributed by atoms with Crippen molar-refractivity contribution < 1.29 is 0 Å². The molecule has 0 bridgehead atoms. The van der Waals surface area contributed by atoms with Crippen molar-refractivity contribution in [3.63, 3.8) is 0 Å². The van der Waals surface area contributed by atoms with Crippen molar-refractivity contribution in [3.05, 3.63) is 28.6 Å². The Bertz CT molecular complexity index is 602. The molecule has 0 spiro atoms. The fourth-order valence-electron chi connectivity index (χ4n) is 1.81. The molecule has 0 saturated carbocycles.